The molecule has 3 aromatic heterocycles. The van der Waals surface area contributed by atoms with E-state index >= 15 is 0 Å². The number of benzene rings is 1. The maximum Gasteiger partial charge on any atom is 0.225 e. The molecule has 0 unspecified atom stereocenters. The van der Waals surface area contributed by atoms with Crippen molar-refractivity contribution < 1.29 is 27.1 Å². The maximum absolute atomic E-state index is 14.4. The van der Waals surface area contributed by atoms with Crippen LogP contribution in [0.5, 0.6) is 0 Å². The van der Waals surface area contributed by atoms with Crippen molar-refractivity contribution in [2.75, 3.05) is 17.2 Å². The second kappa shape index (κ2) is 10.5. The number of aliphatic hydroxyl groups excluding tert-OH is 1. The van der Waals surface area contributed by atoms with Crippen LogP contribution in [0, 0.1) is 48.9 Å². The molecule has 0 radical (unpaired) electrons. The van der Waals surface area contributed by atoms with Gasteiger partial charge in [-0.1, -0.05) is 12.2 Å². The fourth-order valence-corrected chi connectivity index (χ4v) is 5.66. The van der Waals surface area contributed by atoms with Gasteiger partial charge < -0.3 is 15.7 Å². The Morgan fingerprint density at radius 2 is 1.67 bits per heavy atom. The summed E-state index contributed by atoms with van der Waals surface area (Å²) in [5, 5.41) is 16.1. The van der Waals surface area contributed by atoms with Crippen LogP contribution in [0.15, 0.2) is 24.4 Å². The third kappa shape index (κ3) is 4.91. The highest BCUT2D eigenvalue weighted by atomic mass is 32.1. The topological polar surface area (TPSA) is 95.9 Å². The lowest BCUT2D eigenvalue weighted by molar-refractivity contribution is 0.250. The average Bonchev–Trinajstić information content (AvgIpc) is 3.54. The van der Waals surface area contributed by atoms with Gasteiger partial charge in [0, 0.05) is 24.8 Å². The molecule has 0 aliphatic heterocycles. The predicted octanol–water partition coefficient (Wildman–Crippen LogP) is 5.98. The molecule has 39 heavy (non-hydrogen) atoms. The summed E-state index contributed by atoms with van der Waals surface area (Å²) >= 11 is 1.41. The van der Waals surface area contributed by atoms with Crippen molar-refractivity contribution in [1.29, 1.82) is 0 Å². The van der Waals surface area contributed by atoms with Gasteiger partial charge in [0.05, 0.1) is 33.3 Å². The number of nitrogens with one attached hydrogen (secondary N) is 2. The highest BCUT2D eigenvalue weighted by Crippen LogP contribution is 2.38. The van der Waals surface area contributed by atoms with E-state index < -0.39 is 40.7 Å². The molecule has 1 aromatic carbocycles. The van der Waals surface area contributed by atoms with Crippen molar-refractivity contribution in [1.82, 2.24) is 19.9 Å². The SMILES string of the molecule is Cc1nc(N[C@H](C)c2c(F)c(F)c(F)c(F)c2F)nc(N[C@H]2C=C[C@@H](CO)C2)c1-c1nc2c(C)nccc2s1. The molecule has 13 heteroatoms. The van der Waals surface area contributed by atoms with Crippen molar-refractivity contribution in [3.05, 3.63) is 70.5 Å². The number of thiazole rings is 1. The summed E-state index contributed by atoms with van der Waals surface area (Å²) in [6.45, 7) is 4.78. The third-order valence-electron chi connectivity index (χ3n) is 6.55. The van der Waals surface area contributed by atoms with Crippen molar-refractivity contribution in [2.45, 2.75) is 39.3 Å². The summed E-state index contributed by atoms with van der Waals surface area (Å²) < 4.78 is 70.9. The summed E-state index contributed by atoms with van der Waals surface area (Å²) in [7, 11) is 0. The Morgan fingerprint density at radius 1 is 0.974 bits per heavy atom. The van der Waals surface area contributed by atoms with Crippen LogP contribution in [0.4, 0.5) is 33.7 Å². The number of aromatic nitrogens is 4. The monoisotopic (exact) mass is 562 g/mol. The molecule has 3 heterocycles. The van der Waals surface area contributed by atoms with Crippen LogP contribution < -0.4 is 10.6 Å². The summed E-state index contributed by atoms with van der Waals surface area (Å²) in [4.78, 5) is 18.0. The van der Waals surface area contributed by atoms with E-state index in [1.54, 1.807) is 13.1 Å². The van der Waals surface area contributed by atoms with E-state index in [1.807, 2.05) is 25.1 Å². The smallest absolute Gasteiger partial charge is 0.225 e. The second-order valence-electron chi connectivity index (χ2n) is 9.28. The number of aryl methyl sites for hydroxylation is 2. The van der Waals surface area contributed by atoms with Crippen LogP contribution in [0.1, 0.15) is 36.3 Å². The van der Waals surface area contributed by atoms with Crippen LogP contribution >= 0.6 is 11.3 Å². The van der Waals surface area contributed by atoms with Crippen molar-refractivity contribution in [2.24, 2.45) is 5.92 Å². The molecule has 1 aliphatic rings. The van der Waals surface area contributed by atoms with E-state index in [2.05, 4.69) is 25.6 Å². The number of hydrogen-bond acceptors (Lipinski definition) is 8. The van der Waals surface area contributed by atoms with Gasteiger partial charge in [0.25, 0.3) is 0 Å². The summed E-state index contributed by atoms with van der Waals surface area (Å²) in [5.74, 6) is -9.90. The van der Waals surface area contributed by atoms with E-state index in [1.165, 1.54) is 18.3 Å². The lowest BCUT2D eigenvalue weighted by Gasteiger charge is -2.20. The molecule has 5 rings (SSSR count). The fourth-order valence-electron chi connectivity index (χ4n) is 4.55. The molecule has 4 aromatic rings. The molecule has 204 valence electrons. The Hall–Kier alpha value is -3.71. The lowest BCUT2D eigenvalue weighted by Crippen LogP contribution is -2.20. The molecule has 0 amide bonds. The Balaban J connectivity index is 1.56. The van der Waals surface area contributed by atoms with Gasteiger partial charge in [0.15, 0.2) is 23.3 Å². The minimum atomic E-state index is -2.23. The average molecular weight is 563 g/mol. The number of aliphatic hydroxyl groups is 1. The van der Waals surface area contributed by atoms with Crippen LogP contribution in [0.25, 0.3) is 20.8 Å². The minimum Gasteiger partial charge on any atom is -0.396 e. The molecular formula is C26H23F5N6OS. The molecule has 0 bridgehead atoms. The number of halogens is 5. The number of nitrogens with zero attached hydrogens (tertiary/aromatic N) is 4. The second-order valence-corrected chi connectivity index (χ2v) is 10.3. The first-order valence-corrected chi connectivity index (χ1v) is 12.8. The Kier molecular flexibility index (Phi) is 7.21. The molecule has 7 nitrogen and oxygen atoms in total. The first-order chi connectivity index (χ1) is 18.6. The van der Waals surface area contributed by atoms with Crippen molar-refractivity contribution in [3.8, 4) is 10.6 Å². The van der Waals surface area contributed by atoms with E-state index in [0.717, 1.165) is 15.9 Å². The van der Waals surface area contributed by atoms with Gasteiger partial charge in [0.2, 0.25) is 11.8 Å². The van der Waals surface area contributed by atoms with Gasteiger partial charge in [-0.25, -0.2) is 31.9 Å². The standard InChI is InChI=1S/C26H23F5N6OS/c1-10(16-18(27)20(29)22(31)21(30)19(16)28)33-26-34-11(2)17(24(37-26)35-14-5-4-13(8-14)9-38)25-36-23-12(3)32-7-6-15(23)39-25/h4-7,10,13-14,38H,8-9H2,1-3H3,(H2,33,34,35,37)/t10-,13-,14+/m1/s1. The van der Waals surface area contributed by atoms with E-state index in [-0.39, 0.29) is 24.5 Å². The molecule has 0 saturated heterocycles. The van der Waals surface area contributed by atoms with Gasteiger partial charge in [-0.15, -0.1) is 11.3 Å². The van der Waals surface area contributed by atoms with Gasteiger partial charge in [-0.2, -0.15) is 4.98 Å². The predicted molar refractivity (Wildman–Crippen MR) is 138 cm³/mol. The van der Waals surface area contributed by atoms with E-state index in [4.69, 9.17) is 4.98 Å². The highest BCUT2D eigenvalue weighted by molar-refractivity contribution is 7.21. The summed E-state index contributed by atoms with van der Waals surface area (Å²) in [5.41, 5.74) is 1.51. The van der Waals surface area contributed by atoms with Gasteiger partial charge >= 0.3 is 0 Å². The third-order valence-corrected chi connectivity index (χ3v) is 7.58. The normalized spacial score (nSPS) is 17.7. The Bertz CT molecular complexity index is 1580. The van der Waals surface area contributed by atoms with Gasteiger partial charge in [-0.05, 0) is 33.3 Å². The first-order valence-electron chi connectivity index (χ1n) is 12.0. The zero-order valence-corrected chi connectivity index (χ0v) is 21.8. The number of hydrogen-bond donors (Lipinski definition) is 3. The molecule has 0 saturated carbocycles. The number of fused-ring (bicyclic) bond motifs is 1. The maximum atomic E-state index is 14.4. The molecule has 3 atom stereocenters. The zero-order valence-electron chi connectivity index (χ0n) is 21.0. The fraction of sp³-hybridized carbons (Fsp3) is 0.308. The van der Waals surface area contributed by atoms with Gasteiger partial charge in [0.1, 0.15) is 16.3 Å². The Labute approximate surface area is 223 Å². The summed E-state index contributed by atoms with van der Waals surface area (Å²) in [6.07, 6.45) is 6.08. The van der Waals surface area contributed by atoms with Crippen LogP contribution in [-0.4, -0.2) is 37.7 Å². The van der Waals surface area contributed by atoms with E-state index in [9.17, 15) is 27.1 Å². The quantitative estimate of drug-likeness (QED) is 0.110. The molecule has 3 N–H and O–H groups in total. The molecular weight excluding hydrogens is 539 g/mol. The first kappa shape index (κ1) is 26.9. The van der Waals surface area contributed by atoms with Crippen LogP contribution in [0.2, 0.25) is 0 Å². The van der Waals surface area contributed by atoms with Crippen LogP contribution in [-0.2, 0) is 0 Å². The number of pyridine rings is 1. The zero-order chi connectivity index (χ0) is 28.0. The van der Waals surface area contributed by atoms with Crippen molar-refractivity contribution >= 4 is 33.3 Å². The van der Waals surface area contributed by atoms with Crippen LogP contribution in [0.3, 0.4) is 0 Å². The Morgan fingerprint density at radius 3 is 2.31 bits per heavy atom. The van der Waals surface area contributed by atoms with E-state index in [0.29, 0.717) is 28.5 Å². The van der Waals surface area contributed by atoms with Gasteiger partial charge in [-0.3, -0.25) is 4.98 Å². The summed E-state index contributed by atoms with van der Waals surface area (Å²) in [6, 6.07) is 0.294. The molecule has 0 fully saturated rings. The minimum absolute atomic E-state index is 0.0132. The number of anilines is 2. The molecule has 0 spiro atoms. The van der Waals surface area contributed by atoms with Crippen molar-refractivity contribution in [3.63, 3.8) is 0 Å². The lowest BCUT2D eigenvalue weighted by atomic mass is 10.1. The number of rotatable bonds is 7. The molecule has 1 aliphatic carbocycles. The largest absolute Gasteiger partial charge is 0.396 e. The highest BCUT2D eigenvalue weighted by Gasteiger charge is 2.30.